The molecule has 0 aromatic heterocycles. The van der Waals surface area contributed by atoms with E-state index in [0.29, 0.717) is 0 Å². The van der Waals surface area contributed by atoms with Crippen LogP contribution >= 0.6 is 12.4 Å². The Labute approximate surface area is 167 Å². The minimum Gasteiger partial charge on any atom is -0.508 e. The molecule has 2 aromatic rings. The Morgan fingerprint density at radius 3 is 2.22 bits per heavy atom. The van der Waals surface area contributed by atoms with Crippen molar-refractivity contribution in [3.63, 3.8) is 0 Å². The van der Waals surface area contributed by atoms with Crippen molar-refractivity contribution in [1.29, 1.82) is 0 Å². The van der Waals surface area contributed by atoms with Crippen LogP contribution in [0.1, 0.15) is 36.8 Å². The molecule has 3 N–H and O–H groups in total. The summed E-state index contributed by atoms with van der Waals surface area (Å²) < 4.78 is 0. The van der Waals surface area contributed by atoms with Crippen molar-refractivity contribution in [2.24, 2.45) is 5.92 Å². The van der Waals surface area contributed by atoms with Crippen molar-refractivity contribution >= 4 is 18.7 Å². The van der Waals surface area contributed by atoms with Crippen molar-refractivity contribution in [3.05, 3.63) is 65.7 Å². The summed E-state index contributed by atoms with van der Waals surface area (Å²) in [5.41, 5.74) is 2.40. The second-order valence-electron chi connectivity index (χ2n) is 7.16. The Balaban J connectivity index is 0.00000182. The highest BCUT2D eigenvalue weighted by Gasteiger charge is 2.28. The molecule has 4 nitrogen and oxygen atoms in total. The molecule has 3 rings (SSSR count). The summed E-state index contributed by atoms with van der Waals surface area (Å²) >= 11 is 0. The normalized spacial score (nSPS) is 17.2. The number of benzene rings is 2. The lowest BCUT2D eigenvalue weighted by atomic mass is 9.87. The van der Waals surface area contributed by atoms with Gasteiger partial charge in [0.25, 0.3) is 0 Å². The lowest BCUT2D eigenvalue weighted by Gasteiger charge is -2.38. The van der Waals surface area contributed by atoms with Crippen molar-refractivity contribution in [3.8, 4) is 5.75 Å². The Kier molecular flexibility index (Phi) is 9.50. The molecular formula is C22H30ClNO3. The van der Waals surface area contributed by atoms with Gasteiger partial charge in [0, 0.05) is 6.04 Å². The molecule has 1 aliphatic rings. The number of halogens is 1. The molecule has 1 heterocycles. The number of carbonyl (C=O) groups excluding carboxylic acids is 1. The van der Waals surface area contributed by atoms with Gasteiger partial charge in [0.1, 0.15) is 12.0 Å². The summed E-state index contributed by atoms with van der Waals surface area (Å²) in [6.07, 6.45) is 4.56. The molecule has 2 aromatic carbocycles. The van der Waals surface area contributed by atoms with Crippen LogP contribution in [-0.2, 0) is 11.2 Å². The van der Waals surface area contributed by atoms with E-state index in [0.717, 1.165) is 37.3 Å². The topological polar surface area (TPSA) is 72.0 Å². The number of hydrogen-bond acceptors (Lipinski definition) is 3. The minimum absolute atomic E-state index is 0. The molecule has 0 radical (unpaired) electrons. The first-order valence-corrected chi connectivity index (χ1v) is 9.19. The summed E-state index contributed by atoms with van der Waals surface area (Å²) in [4.78, 5) is 14.1. The summed E-state index contributed by atoms with van der Waals surface area (Å²) in [6.45, 7) is 4.23. The number of aldehydes is 1. The molecule has 0 spiro atoms. The van der Waals surface area contributed by atoms with Crippen LogP contribution in [0.3, 0.4) is 0 Å². The van der Waals surface area contributed by atoms with Crippen molar-refractivity contribution in [1.82, 2.24) is 4.90 Å². The summed E-state index contributed by atoms with van der Waals surface area (Å²) in [5, 5.41) is 9.45. The molecule has 1 fully saturated rings. The smallest absolute Gasteiger partial charge is 0.129 e. The first-order chi connectivity index (χ1) is 12.2. The maximum atomic E-state index is 11.7. The molecular weight excluding hydrogens is 362 g/mol. The molecule has 0 amide bonds. The highest BCUT2D eigenvalue weighted by Crippen LogP contribution is 2.28. The Morgan fingerprint density at radius 1 is 1.07 bits per heavy atom. The fourth-order valence-electron chi connectivity index (χ4n) is 3.91. The largest absolute Gasteiger partial charge is 0.508 e. The fourth-order valence-corrected chi connectivity index (χ4v) is 3.91. The number of likely N-dealkylation sites (tertiary alicyclic amines) is 1. The predicted molar refractivity (Wildman–Crippen MR) is 112 cm³/mol. The molecule has 148 valence electrons. The number of hydrogen-bond donors (Lipinski definition) is 1. The number of piperidine rings is 1. The number of rotatable bonds is 6. The second kappa shape index (κ2) is 11.1. The van der Waals surface area contributed by atoms with Crippen molar-refractivity contribution < 1.29 is 15.4 Å². The van der Waals surface area contributed by atoms with E-state index in [1.807, 2.05) is 12.1 Å². The zero-order valence-electron chi connectivity index (χ0n) is 15.8. The van der Waals surface area contributed by atoms with E-state index in [1.54, 1.807) is 12.1 Å². The number of phenols is 1. The van der Waals surface area contributed by atoms with Gasteiger partial charge >= 0.3 is 0 Å². The zero-order valence-corrected chi connectivity index (χ0v) is 16.6. The van der Waals surface area contributed by atoms with E-state index >= 15 is 0 Å². The van der Waals surface area contributed by atoms with Crippen molar-refractivity contribution in [2.45, 2.75) is 38.1 Å². The van der Waals surface area contributed by atoms with Crippen LogP contribution in [0.2, 0.25) is 0 Å². The van der Waals surface area contributed by atoms with Gasteiger partial charge < -0.3 is 15.4 Å². The molecule has 1 aliphatic heterocycles. The molecule has 0 aliphatic carbocycles. The van der Waals surface area contributed by atoms with Gasteiger partial charge in [-0.05, 0) is 68.5 Å². The first kappa shape index (κ1) is 23.2. The van der Waals surface area contributed by atoms with Gasteiger partial charge in [0.2, 0.25) is 0 Å². The molecule has 1 saturated heterocycles. The van der Waals surface area contributed by atoms with E-state index in [4.69, 9.17) is 0 Å². The second-order valence-corrected chi connectivity index (χ2v) is 7.16. The van der Waals surface area contributed by atoms with Gasteiger partial charge in [0.15, 0.2) is 0 Å². The number of aromatic hydroxyl groups is 1. The third kappa shape index (κ3) is 6.06. The van der Waals surface area contributed by atoms with Gasteiger partial charge in [0.05, 0.1) is 5.92 Å². The van der Waals surface area contributed by atoms with E-state index in [-0.39, 0.29) is 35.6 Å². The SMILES string of the molecule is CC(C(C=O)c1ccc(O)cc1)N1CCC(Cc2ccccc2)CC1.Cl.O. The number of carbonyl (C=O) groups is 1. The molecule has 0 bridgehead atoms. The summed E-state index contributed by atoms with van der Waals surface area (Å²) in [7, 11) is 0. The fraction of sp³-hybridized carbons (Fsp3) is 0.409. The number of phenolic OH excluding ortho intramolecular Hbond substituents is 1. The molecule has 5 heteroatoms. The van der Waals surface area contributed by atoms with Crippen LogP contribution in [0.5, 0.6) is 5.75 Å². The van der Waals surface area contributed by atoms with E-state index in [2.05, 4.69) is 42.2 Å². The Bertz CT molecular complexity index is 670. The molecule has 2 unspecified atom stereocenters. The Morgan fingerprint density at radius 2 is 1.67 bits per heavy atom. The standard InChI is InChI=1S/C22H27NO2.ClH.H2O/c1-17(22(16-24)20-7-9-21(25)10-8-20)23-13-11-19(12-14-23)15-18-5-3-2-4-6-18;;/h2-10,16-17,19,22,25H,11-15H2,1H3;1H;1H2. The molecule has 27 heavy (non-hydrogen) atoms. The summed E-state index contributed by atoms with van der Waals surface area (Å²) in [5.74, 6) is 0.822. The highest BCUT2D eigenvalue weighted by molar-refractivity contribution is 5.85. The lowest BCUT2D eigenvalue weighted by Crippen LogP contribution is -2.43. The Hall–Kier alpha value is -1.88. The van der Waals surface area contributed by atoms with Crippen LogP contribution in [0.4, 0.5) is 0 Å². The van der Waals surface area contributed by atoms with Gasteiger partial charge in [-0.25, -0.2) is 0 Å². The van der Waals surface area contributed by atoms with Gasteiger partial charge in [-0.15, -0.1) is 12.4 Å². The van der Waals surface area contributed by atoms with Crippen LogP contribution < -0.4 is 0 Å². The maximum absolute atomic E-state index is 11.7. The van der Waals surface area contributed by atoms with Gasteiger partial charge in [-0.2, -0.15) is 0 Å². The summed E-state index contributed by atoms with van der Waals surface area (Å²) in [6, 6.07) is 17.9. The van der Waals surface area contributed by atoms with Crippen LogP contribution in [0.15, 0.2) is 54.6 Å². The van der Waals surface area contributed by atoms with Crippen LogP contribution in [0.25, 0.3) is 0 Å². The minimum atomic E-state index is -0.147. The maximum Gasteiger partial charge on any atom is 0.129 e. The average Bonchev–Trinajstić information content (AvgIpc) is 2.65. The van der Waals surface area contributed by atoms with Crippen molar-refractivity contribution in [2.75, 3.05) is 13.1 Å². The van der Waals surface area contributed by atoms with Gasteiger partial charge in [-0.3, -0.25) is 4.90 Å². The average molecular weight is 392 g/mol. The zero-order chi connectivity index (χ0) is 17.6. The quantitative estimate of drug-likeness (QED) is 0.764. The van der Waals surface area contributed by atoms with E-state index in [1.165, 1.54) is 18.4 Å². The lowest BCUT2D eigenvalue weighted by molar-refractivity contribution is -0.110. The third-order valence-electron chi connectivity index (χ3n) is 5.54. The predicted octanol–water partition coefficient (Wildman–Crippen LogP) is 3.62. The first-order valence-electron chi connectivity index (χ1n) is 9.19. The molecule has 2 atom stereocenters. The van der Waals surface area contributed by atoms with E-state index < -0.39 is 0 Å². The van der Waals surface area contributed by atoms with E-state index in [9.17, 15) is 9.90 Å². The van der Waals surface area contributed by atoms with Crippen LogP contribution in [-0.4, -0.2) is 40.9 Å². The monoisotopic (exact) mass is 391 g/mol. The highest BCUT2D eigenvalue weighted by atomic mass is 35.5. The van der Waals surface area contributed by atoms with Gasteiger partial charge in [-0.1, -0.05) is 42.5 Å². The third-order valence-corrected chi connectivity index (χ3v) is 5.54. The van der Waals surface area contributed by atoms with Crippen LogP contribution in [0, 0.1) is 5.92 Å². The number of nitrogens with zero attached hydrogens (tertiary/aromatic N) is 1. The molecule has 0 saturated carbocycles.